The summed E-state index contributed by atoms with van der Waals surface area (Å²) in [6, 6.07) is 11.2. The second-order valence-corrected chi connectivity index (χ2v) is 5.81. The molecule has 7 heteroatoms. The molecule has 0 spiro atoms. The molecule has 5 nitrogen and oxygen atoms in total. The van der Waals surface area contributed by atoms with E-state index in [1.165, 1.54) is 16.7 Å². The number of para-hydroxylation sites is 2. The Balaban J connectivity index is 2.04. The van der Waals surface area contributed by atoms with Gasteiger partial charge in [-0.2, -0.15) is 0 Å². The molecule has 0 saturated heterocycles. The minimum Gasteiger partial charge on any atom is -0.318 e. The van der Waals surface area contributed by atoms with Gasteiger partial charge >= 0.3 is 0 Å². The van der Waals surface area contributed by atoms with Crippen molar-refractivity contribution in [2.45, 2.75) is 0 Å². The smallest absolute Gasteiger partial charge is 0.282 e. The number of benzene rings is 2. The van der Waals surface area contributed by atoms with Crippen molar-refractivity contribution in [2.75, 3.05) is 5.32 Å². The predicted octanol–water partition coefficient (Wildman–Crippen LogP) is 3.09. The van der Waals surface area contributed by atoms with Crippen molar-refractivity contribution in [3.63, 3.8) is 0 Å². The van der Waals surface area contributed by atoms with E-state index in [1.807, 2.05) is 0 Å². The normalized spacial score (nSPS) is 10.7. The number of hydrogen-bond donors (Lipinski definition) is 1. The summed E-state index contributed by atoms with van der Waals surface area (Å²) < 4.78 is 15.7. The number of carbonyl (C=O) groups excluding carboxylic acids is 1. The molecule has 3 aromatic rings. The van der Waals surface area contributed by atoms with Crippen LogP contribution in [0.1, 0.15) is 10.5 Å². The van der Waals surface area contributed by atoms with Crippen LogP contribution in [0.4, 0.5) is 10.1 Å². The number of aryl methyl sites for hydroxylation is 1. The van der Waals surface area contributed by atoms with E-state index in [0.29, 0.717) is 15.5 Å². The fourth-order valence-electron chi connectivity index (χ4n) is 2.20. The van der Waals surface area contributed by atoms with Crippen molar-refractivity contribution in [2.24, 2.45) is 7.05 Å². The lowest BCUT2D eigenvalue weighted by Gasteiger charge is -2.09. The minimum atomic E-state index is -0.752. The van der Waals surface area contributed by atoms with Gasteiger partial charge in [-0.15, -0.1) is 0 Å². The third kappa shape index (κ3) is 2.87. The van der Waals surface area contributed by atoms with Crippen LogP contribution in [0, 0.1) is 5.82 Å². The van der Waals surface area contributed by atoms with Crippen LogP contribution in [0.5, 0.6) is 0 Å². The van der Waals surface area contributed by atoms with Gasteiger partial charge in [-0.25, -0.2) is 9.37 Å². The zero-order valence-corrected chi connectivity index (χ0v) is 13.6. The first kappa shape index (κ1) is 15.4. The minimum absolute atomic E-state index is 0.0183. The number of aromatic nitrogens is 2. The van der Waals surface area contributed by atoms with Crippen molar-refractivity contribution in [1.29, 1.82) is 0 Å². The molecule has 0 fully saturated rings. The Hall–Kier alpha value is -2.54. The maximum Gasteiger partial charge on any atom is 0.282 e. The Bertz CT molecular complexity index is 985. The number of anilines is 1. The number of halogens is 2. The summed E-state index contributed by atoms with van der Waals surface area (Å²) in [6.07, 6.45) is 0. The molecular formula is C16H11BrFN3O2. The van der Waals surface area contributed by atoms with Gasteiger partial charge in [-0.1, -0.05) is 28.1 Å². The number of hydrogen-bond acceptors (Lipinski definition) is 3. The Morgan fingerprint density at radius 1 is 1.26 bits per heavy atom. The standard InChI is InChI=1S/C16H11BrFN3O2/c1-21-13-5-3-2-4-12(13)19-14(16(21)23)15(22)20-11-7-6-9(17)8-10(11)18/h2-8H,1H3,(H,20,22). The molecular weight excluding hydrogens is 365 g/mol. The van der Waals surface area contributed by atoms with Gasteiger partial charge in [-0.05, 0) is 30.3 Å². The van der Waals surface area contributed by atoms with Crippen LogP contribution in [-0.4, -0.2) is 15.5 Å². The van der Waals surface area contributed by atoms with E-state index in [4.69, 9.17) is 0 Å². The highest BCUT2D eigenvalue weighted by Gasteiger charge is 2.17. The maximum absolute atomic E-state index is 13.8. The SMILES string of the molecule is Cn1c(=O)c(C(=O)Nc2ccc(Br)cc2F)nc2ccccc21. The topological polar surface area (TPSA) is 64.0 Å². The zero-order valence-electron chi connectivity index (χ0n) is 12.0. The molecule has 0 aliphatic carbocycles. The highest BCUT2D eigenvalue weighted by molar-refractivity contribution is 9.10. The van der Waals surface area contributed by atoms with E-state index in [-0.39, 0.29) is 11.4 Å². The molecule has 3 rings (SSSR count). The average Bonchev–Trinajstić information content (AvgIpc) is 2.53. The lowest BCUT2D eigenvalue weighted by molar-refractivity contribution is 0.102. The highest BCUT2D eigenvalue weighted by Crippen LogP contribution is 2.19. The van der Waals surface area contributed by atoms with Crippen LogP contribution in [-0.2, 0) is 7.05 Å². The van der Waals surface area contributed by atoms with E-state index in [9.17, 15) is 14.0 Å². The lowest BCUT2D eigenvalue weighted by Crippen LogP contribution is -2.30. The van der Waals surface area contributed by atoms with Crippen LogP contribution in [0.25, 0.3) is 11.0 Å². The highest BCUT2D eigenvalue weighted by atomic mass is 79.9. The van der Waals surface area contributed by atoms with E-state index in [1.54, 1.807) is 37.4 Å². The van der Waals surface area contributed by atoms with Gasteiger partial charge in [-0.3, -0.25) is 9.59 Å². The molecule has 0 atom stereocenters. The van der Waals surface area contributed by atoms with Crippen molar-refractivity contribution < 1.29 is 9.18 Å². The van der Waals surface area contributed by atoms with Crippen LogP contribution in [0.2, 0.25) is 0 Å². The number of rotatable bonds is 2. The average molecular weight is 376 g/mol. The molecule has 1 N–H and O–H groups in total. The van der Waals surface area contributed by atoms with Gasteiger partial charge in [0.05, 0.1) is 16.7 Å². The molecule has 0 bridgehead atoms. The quantitative estimate of drug-likeness (QED) is 0.748. The fourth-order valence-corrected chi connectivity index (χ4v) is 2.53. The molecule has 116 valence electrons. The molecule has 0 saturated carbocycles. The summed E-state index contributed by atoms with van der Waals surface area (Å²) in [5, 5.41) is 2.38. The summed E-state index contributed by atoms with van der Waals surface area (Å²) in [6.45, 7) is 0. The van der Waals surface area contributed by atoms with Crippen molar-refractivity contribution >= 4 is 38.6 Å². The van der Waals surface area contributed by atoms with Crippen molar-refractivity contribution in [3.8, 4) is 0 Å². The first-order valence-corrected chi connectivity index (χ1v) is 7.49. The Labute approximate surface area is 138 Å². The number of nitrogens with one attached hydrogen (secondary N) is 1. The second-order valence-electron chi connectivity index (χ2n) is 4.89. The van der Waals surface area contributed by atoms with E-state index in [2.05, 4.69) is 26.2 Å². The summed E-state index contributed by atoms with van der Waals surface area (Å²) >= 11 is 3.14. The Morgan fingerprint density at radius 3 is 2.74 bits per heavy atom. The molecule has 23 heavy (non-hydrogen) atoms. The van der Waals surface area contributed by atoms with E-state index >= 15 is 0 Å². The molecule has 0 radical (unpaired) electrons. The largest absolute Gasteiger partial charge is 0.318 e. The number of fused-ring (bicyclic) bond motifs is 1. The summed E-state index contributed by atoms with van der Waals surface area (Å²) in [7, 11) is 1.56. The number of carbonyl (C=O) groups is 1. The maximum atomic E-state index is 13.8. The third-order valence-electron chi connectivity index (χ3n) is 3.38. The third-order valence-corrected chi connectivity index (χ3v) is 3.87. The first-order chi connectivity index (χ1) is 11.0. The molecule has 0 unspecified atom stereocenters. The molecule has 1 amide bonds. The van der Waals surface area contributed by atoms with Gasteiger partial charge in [0, 0.05) is 11.5 Å². The summed E-state index contributed by atoms with van der Waals surface area (Å²) in [4.78, 5) is 28.7. The predicted molar refractivity (Wildman–Crippen MR) is 89.0 cm³/mol. The van der Waals surface area contributed by atoms with Crippen molar-refractivity contribution in [3.05, 3.63) is 68.8 Å². The lowest BCUT2D eigenvalue weighted by atomic mass is 10.2. The Kier molecular flexibility index (Phi) is 3.96. The van der Waals surface area contributed by atoms with Gasteiger partial charge in [0.25, 0.3) is 11.5 Å². The monoisotopic (exact) mass is 375 g/mol. The first-order valence-electron chi connectivity index (χ1n) is 6.69. The van der Waals surface area contributed by atoms with Crippen LogP contribution in [0.3, 0.4) is 0 Å². The number of nitrogens with zero attached hydrogens (tertiary/aromatic N) is 2. The van der Waals surface area contributed by atoms with Gasteiger partial charge in [0.2, 0.25) is 0 Å². The van der Waals surface area contributed by atoms with Gasteiger partial charge < -0.3 is 9.88 Å². The van der Waals surface area contributed by atoms with Crippen LogP contribution in [0.15, 0.2) is 51.7 Å². The fraction of sp³-hybridized carbons (Fsp3) is 0.0625. The van der Waals surface area contributed by atoms with Crippen LogP contribution >= 0.6 is 15.9 Å². The summed E-state index contributed by atoms with van der Waals surface area (Å²) in [5.41, 5.74) is 0.280. The second kappa shape index (κ2) is 5.92. The molecule has 2 aromatic carbocycles. The van der Waals surface area contributed by atoms with E-state index < -0.39 is 17.3 Å². The van der Waals surface area contributed by atoms with Crippen molar-refractivity contribution in [1.82, 2.24) is 9.55 Å². The van der Waals surface area contributed by atoms with Gasteiger partial charge in [0.15, 0.2) is 5.69 Å². The molecule has 0 aliphatic heterocycles. The summed E-state index contributed by atoms with van der Waals surface area (Å²) in [5.74, 6) is -1.36. The molecule has 1 heterocycles. The number of amides is 1. The zero-order chi connectivity index (χ0) is 16.6. The van der Waals surface area contributed by atoms with E-state index in [0.717, 1.165) is 0 Å². The van der Waals surface area contributed by atoms with Crippen LogP contribution < -0.4 is 10.9 Å². The van der Waals surface area contributed by atoms with Gasteiger partial charge in [0.1, 0.15) is 5.82 Å². The Morgan fingerprint density at radius 2 is 2.00 bits per heavy atom. The molecule has 1 aromatic heterocycles. The molecule has 0 aliphatic rings.